The highest BCUT2D eigenvalue weighted by atomic mass is 32.2. The van der Waals surface area contributed by atoms with Crippen LogP contribution in [0.5, 0.6) is 0 Å². The van der Waals surface area contributed by atoms with E-state index in [1.807, 2.05) is 35.7 Å². The Morgan fingerprint density at radius 3 is 3.04 bits per heavy atom. The van der Waals surface area contributed by atoms with E-state index in [4.69, 9.17) is 0 Å². The highest BCUT2D eigenvalue weighted by Crippen LogP contribution is 2.26. The second kappa shape index (κ2) is 7.46. The second-order valence-electron chi connectivity index (χ2n) is 4.96. The molecule has 0 atom stereocenters. The zero-order chi connectivity index (χ0) is 16.9. The summed E-state index contributed by atoms with van der Waals surface area (Å²) in [7, 11) is 0. The smallest absolute Gasteiger partial charge is 0.271 e. The topological polar surface area (TPSA) is 64.0 Å². The van der Waals surface area contributed by atoms with Gasteiger partial charge in [-0.25, -0.2) is 4.98 Å². The number of amides is 1. The third-order valence-electron chi connectivity index (χ3n) is 3.27. The van der Waals surface area contributed by atoms with Crippen LogP contribution < -0.4 is 10.9 Å². The van der Waals surface area contributed by atoms with Gasteiger partial charge in [-0.05, 0) is 23.6 Å². The molecule has 0 aliphatic rings. The molecule has 5 nitrogen and oxygen atoms in total. The maximum absolute atomic E-state index is 12.3. The van der Waals surface area contributed by atoms with E-state index in [2.05, 4.69) is 16.9 Å². The number of carbonyl (C=O) groups excluding carboxylic acids is 1. The zero-order valence-corrected chi connectivity index (χ0v) is 14.4. The quantitative estimate of drug-likeness (QED) is 0.543. The van der Waals surface area contributed by atoms with Crippen LogP contribution in [0.4, 0.5) is 5.69 Å². The number of fused-ring (bicyclic) bond motifs is 1. The summed E-state index contributed by atoms with van der Waals surface area (Å²) in [5.41, 5.74) is 1.19. The fourth-order valence-corrected chi connectivity index (χ4v) is 3.72. The Morgan fingerprint density at radius 1 is 1.38 bits per heavy atom. The number of hydrogen-bond donors (Lipinski definition) is 1. The Morgan fingerprint density at radius 2 is 2.21 bits per heavy atom. The number of hydrogen-bond acceptors (Lipinski definition) is 5. The van der Waals surface area contributed by atoms with E-state index in [1.54, 1.807) is 17.8 Å². The number of carbonyl (C=O) groups is 1. The van der Waals surface area contributed by atoms with Gasteiger partial charge in [0.25, 0.3) is 5.56 Å². The van der Waals surface area contributed by atoms with E-state index in [9.17, 15) is 9.59 Å². The maximum Gasteiger partial charge on any atom is 0.271 e. The fourth-order valence-electron chi connectivity index (χ4n) is 2.18. The average Bonchev–Trinajstić information content (AvgIpc) is 3.06. The van der Waals surface area contributed by atoms with Crippen molar-refractivity contribution in [2.75, 3.05) is 11.1 Å². The SMILES string of the molecule is C=CCSc1ccccc1NC(=O)Cn1cnc2ccsc2c1=O. The molecule has 0 spiro atoms. The number of thiophene rings is 1. The first-order valence-electron chi connectivity index (χ1n) is 7.24. The monoisotopic (exact) mass is 357 g/mol. The van der Waals surface area contributed by atoms with Crippen LogP contribution in [0.1, 0.15) is 0 Å². The second-order valence-corrected chi connectivity index (χ2v) is 6.93. The molecule has 0 radical (unpaired) electrons. The van der Waals surface area contributed by atoms with Crippen LogP contribution in [0.3, 0.4) is 0 Å². The van der Waals surface area contributed by atoms with Crippen molar-refractivity contribution in [2.24, 2.45) is 0 Å². The number of nitrogens with one attached hydrogen (secondary N) is 1. The minimum absolute atomic E-state index is 0.0693. The van der Waals surface area contributed by atoms with Crippen molar-refractivity contribution in [3.63, 3.8) is 0 Å². The molecule has 1 N–H and O–H groups in total. The van der Waals surface area contributed by atoms with Crippen LogP contribution in [-0.4, -0.2) is 21.2 Å². The lowest BCUT2D eigenvalue weighted by Crippen LogP contribution is -2.27. The summed E-state index contributed by atoms with van der Waals surface area (Å²) in [6.07, 6.45) is 3.22. The van der Waals surface area contributed by atoms with Crippen molar-refractivity contribution in [1.82, 2.24) is 9.55 Å². The van der Waals surface area contributed by atoms with Gasteiger partial charge in [0.2, 0.25) is 5.91 Å². The van der Waals surface area contributed by atoms with Gasteiger partial charge in [-0.1, -0.05) is 18.2 Å². The number of para-hydroxylation sites is 1. The first kappa shape index (κ1) is 16.5. The van der Waals surface area contributed by atoms with Crippen LogP contribution >= 0.6 is 23.1 Å². The minimum Gasteiger partial charge on any atom is -0.324 e. The summed E-state index contributed by atoms with van der Waals surface area (Å²) in [4.78, 5) is 29.8. The van der Waals surface area contributed by atoms with Crippen LogP contribution in [0.15, 0.2) is 64.4 Å². The molecule has 2 heterocycles. The van der Waals surface area contributed by atoms with E-state index in [1.165, 1.54) is 22.2 Å². The molecular weight excluding hydrogens is 342 g/mol. The summed E-state index contributed by atoms with van der Waals surface area (Å²) >= 11 is 2.92. The van der Waals surface area contributed by atoms with E-state index in [0.29, 0.717) is 10.2 Å². The van der Waals surface area contributed by atoms with Gasteiger partial charge in [-0.15, -0.1) is 29.7 Å². The molecule has 0 fully saturated rings. The fraction of sp³-hybridized carbons (Fsp3) is 0.118. The molecule has 7 heteroatoms. The molecule has 0 aliphatic carbocycles. The lowest BCUT2D eigenvalue weighted by Gasteiger charge is -2.11. The average molecular weight is 357 g/mol. The molecule has 122 valence electrons. The van der Waals surface area contributed by atoms with E-state index >= 15 is 0 Å². The van der Waals surface area contributed by atoms with Gasteiger partial charge in [0.15, 0.2) is 0 Å². The standard InChI is InChI=1S/C17H15N3O2S2/c1-2-8-23-14-6-4-3-5-12(14)19-15(21)10-20-11-18-13-7-9-24-16(13)17(20)22/h2-7,9,11H,1,8,10H2,(H,19,21). The Balaban J connectivity index is 1.77. The summed E-state index contributed by atoms with van der Waals surface area (Å²) in [6, 6.07) is 9.35. The summed E-state index contributed by atoms with van der Waals surface area (Å²) in [5.74, 6) is 0.493. The molecule has 2 aromatic heterocycles. The Labute approximate surface area is 147 Å². The summed E-state index contributed by atoms with van der Waals surface area (Å²) < 4.78 is 1.89. The number of rotatable bonds is 6. The molecule has 0 saturated heterocycles. The lowest BCUT2D eigenvalue weighted by molar-refractivity contribution is -0.116. The minimum atomic E-state index is -0.263. The number of nitrogens with zero attached hydrogens (tertiary/aromatic N) is 2. The molecule has 0 saturated carbocycles. The largest absolute Gasteiger partial charge is 0.324 e. The van der Waals surface area contributed by atoms with Crippen molar-refractivity contribution >= 4 is 44.9 Å². The normalized spacial score (nSPS) is 10.7. The van der Waals surface area contributed by atoms with Gasteiger partial charge < -0.3 is 5.32 Å². The van der Waals surface area contributed by atoms with Gasteiger partial charge in [0.1, 0.15) is 11.2 Å². The molecule has 3 rings (SSSR count). The summed E-state index contributed by atoms with van der Waals surface area (Å²) in [6.45, 7) is 3.63. The molecule has 0 unspecified atom stereocenters. The molecule has 1 aromatic carbocycles. The third kappa shape index (κ3) is 3.58. The Hall–Kier alpha value is -2.38. The Bertz CT molecular complexity index is 946. The van der Waals surface area contributed by atoms with Crippen LogP contribution in [0, 0.1) is 0 Å². The predicted octanol–water partition coefficient (Wildman–Crippen LogP) is 3.37. The lowest BCUT2D eigenvalue weighted by atomic mass is 10.3. The number of anilines is 1. The van der Waals surface area contributed by atoms with Crippen LogP contribution in [0.2, 0.25) is 0 Å². The van der Waals surface area contributed by atoms with E-state index < -0.39 is 0 Å². The molecular formula is C17H15N3O2S2. The van der Waals surface area contributed by atoms with Gasteiger partial charge in [-0.2, -0.15) is 0 Å². The van der Waals surface area contributed by atoms with Gasteiger partial charge >= 0.3 is 0 Å². The predicted molar refractivity (Wildman–Crippen MR) is 99.9 cm³/mol. The molecule has 3 aromatic rings. The number of thioether (sulfide) groups is 1. The van der Waals surface area contributed by atoms with Crippen LogP contribution in [-0.2, 0) is 11.3 Å². The zero-order valence-electron chi connectivity index (χ0n) is 12.8. The number of aromatic nitrogens is 2. The number of benzene rings is 1. The maximum atomic E-state index is 12.3. The van der Waals surface area contributed by atoms with Crippen molar-refractivity contribution in [3.8, 4) is 0 Å². The molecule has 0 bridgehead atoms. The van der Waals surface area contributed by atoms with Crippen molar-refractivity contribution < 1.29 is 4.79 Å². The van der Waals surface area contributed by atoms with Gasteiger partial charge in [0, 0.05) is 10.6 Å². The Kier molecular flexibility index (Phi) is 5.12. The van der Waals surface area contributed by atoms with E-state index in [0.717, 1.165) is 16.3 Å². The first-order valence-corrected chi connectivity index (χ1v) is 9.11. The highest BCUT2D eigenvalue weighted by Gasteiger charge is 2.11. The molecule has 24 heavy (non-hydrogen) atoms. The van der Waals surface area contributed by atoms with Gasteiger partial charge in [0.05, 0.1) is 17.5 Å². The third-order valence-corrected chi connectivity index (χ3v) is 5.23. The first-order chi connectivity index (χ1) is 11.7. The van der Waals surface area contributed by atoms with Crippen molar-refractivity contribution in [3.05, 3.63) is 65.0 Å². The van der Waals surface area contributed by atoms with Crippen molar-refractivity contribution in [1.29, 1.82) is 0 Å². The summed E-state index contributed by atoms with van der Waals surface area (Å²) in [5, 5.41) is 4.67. The van der Waals surface area contributed by atoms with Gasteiger partial charge in [-0.3, -0.25) is 14.2 Å². The highest BCUT2D eigenvalue weighted by molar-refractivity contribution is 7.99. The molecule has 1 amide bonds. The van der Waals surface area contributed by atoms with Crippen LogP contribution in [0.25, 0.3) is 10.2 Å². The van der Waals surface area contributed by atoms with E-state index in [-0.39, 0.29) is 18.0 Å². The molecule has 0 aliphatic heterocycles. The van der Waals surface area contributed by atoms with Crippen molar-refractivity contribution in [2.45, 2.75) is 11.4 Å².